The van der Waals surface area contributed by atoms with Crippen molar-refractivity contribution < 1.29 is 0 Å². The lowest BCUT2D eigenvalue weighted by atomic mass is 10.1. The first kappa shape index (κ1) is 11.6. The van der Waals surface area contributed by atoms with Crippen LogP contribution in [-0.2, 0) is 0 Å². The molecule has 14 heavy (non-hydrogen) atoms. The van der Waals surface area contributed by atoms with Crippen molar-refractivity contribution in [3.05, 3.63) is 35.9 Å². The second-order valence-electron chi connectivity index (χ2n) is 3.23. The maximum atomic E-state index is 6.03. The molecule has 0 bridgehead atoms. The summed E-state index contributed by atoms with van der Waals surface area (Å²) in [6.07, 6.45) is 1.08. The van der Waals surface area contributed by atoms with Gasteiger partial charge in [0.2, 0.25) is 0 Å². The zero-order chi connectivity index (χ0) is 10.2. The molecule has 0 saturated heterocycles. The van der Waals surface area contributed by atoms with Gasteiger partial charge in [0.1, 0.15) is 0 Å². The third-order valence-electron chi connectivity index (χ3n) is 2.02. The van der Waals surface area contributed by atoms with Crippen LogP contribution >= 0.6 is 11.8 Å². The molecule has 0 aliphatic heterocycles. The first-order chi connectivity index (χ1) is 6.84. The Labute approximate surface area is 90.1 Å². The molecule has 2 nitrogen and oxygen atoms in total. The van der Waals surface area contributed by atoms with Gasteiger partial charge in [-0.25, -0.2) is 0 Å². The normalized spacial score (nSPS) is 12.7. The Bertz CT molecular complexity index is 238. The molecule has 0 heterocycles. The van der Waals surface area contributed by atoms with E-state index in [2.05, 4.69) is 12.1 Å². The Balaban J connectivity index is 2.25. The molecule has 1 aromatic rings. The van der Waals surface area contributed by atoms with E-state index < -0.39 is 0 Å². The monoisotopic (exact) mass is 210 g/mol. The first-order valence-corrected chi connectivity index (χ1v) is 6.08. The second kappa shape index (κ2) is 6.87. The van der Waals surface area contributed by atoms with Crippen LogP contribution in [0.2, 0.25) is 0 Å². The van der Waals surface area contributed by atoms with Crippen LogP contribution in [0.4, 0.5) is 0 Å². The number of hydrogen-bond donors (Lipinski definition) is 2. The van der Waals surface area contributed by atoms with Crippen LogP contribution in [0.3, 0.4) is 0 Å². The fraction of sp³-hybridized carbons (Fsp3) is 0.455. The molecule has 1 aromatic carbocycles. The molecule has 0 aromatic heterocycles. The number of thioether (sulfide) groups is 1. The van der Waals surface area contributed by atoms with Crippen molar-refractivity contribution in [1.29, 1.82) is 0 Å². The van der Waals surface area contributed by atoms with E-state index in [1.165, 1.54) is 5.56 Å². The highest BCUT2D eigenvalue weighted by molar-refractivity contribution is 7.99. The predicted octanol–water partition coefficient (Wildman–Crippen LogP) is 1.77. The highest BCUT2D eigenvalue weighted by atomic mass is 32.2. The minimum absolute atomic E-state index is 0.152. The number of benzene rings is 1. The summed E-state index contributed by atoms with van der Waals surface area (Å²) in [6, 6.07) is 10.4. The Hall–Kier alpha value is -0.510. The molecule has 0 aliphatic carbocycles. The molecule has 1 unspecified atom stereocenters. The van der Waals surface area contributed by atoms with Gasteiger partial charge in [-0.15, -0.1) is 0 Å². The van der Waals surface area contributed by atoms with Crippen LogP contribution in [0, 0.1) is 0 Å². The molecule has 1 rings (SSSR count). The predicted molar refractivity (Wildman–Crippen MR) is 64.4 cm³/mol. The number of rotatable bonds is 6. The average Bonchev–Trinajstić information content (AvgIpc) is 2.25. The molecule has 78 valence electrons. The summed E-state index contributed by atoms with van der Waals surface area (Å²) in [5, 5.41) is 0. The average molecular weight is 210 g/mol. The molecule has 0 amide bonds. The van der Waals surface area contributed by atoms with Crippen LogP contribution in [0.5, 0.6) is 0 Å². The van der Waals surface area contributed by atoms with Crippen molar-refractivity contribution in [1.82, 2.24) is 0 Å². The molecule has 0 aliphatic rings. The van der Waals surface area contributed by atoms with Gasteiger partial charge in [-0.2, -0.15) is 11.8 Å². The van der Waals surface area contributed by atoms with Gasteiger partial charge in [-0.1, -0.05) is 30.3 Å². The zero-order valence-corrected chi connectivity index (χ0v) is 9.17. The Kier molecular flexibility index (Phi) is 5.68. The number of hydrogen-bond acceptors (Lipinski definition) is 3. The molecule has 4 N–H and O–H groups in total. The largest absolute Gasteiger partial charge is 0.330 e. The van der Waals surface area contributed by atoms with Gasteiger partial charge < -0.3 is 11.5 Å². The summed E-state index contributed by atoms with van der Waals surface area (Å²) in [5.74, 6) is 2.08. The summed E-state index contributed by atoms with van der Waals surface area (Å²) in [6.45, 7) is 0.771. The fourth-order valence-electron chi connectivity index (χ4n) is 1.19. The van der Waals surface area contributed by atoms with Gasteiger partial charge in [0.05, 0.1) is 0 Å². The lowest BCUT2D eigenvalue weighted by molar-refractivity contribution is 0.829. The van der Waals surface area contributed by atoms with Crippen molar-refractivity contribution in [2.75, 3.05) is 18.1 Å². The van der Waals surface area contributed by atoms with E-state index in [9.17, 15) is 0 Å². The lowest BCUT2D eigenvalue weighted by Crippen LogP contribution is -2.13. The van der Waals surface area contributed by atoms with E-state index in [0.717, 1.165) is 24.5 Å². The van der Waals surface area contributed by atoms with E-state index in [-0.39, 0.29) is 6.04 Å². The van der Waals surface area contributed by atoms with Crippen molar-refractivity contribution in [2.24, 2.45) is 11.5 Å². The maximum Gasteiger partial charge on any atom is 0.0386 e. The van der Waals surface area contributed by atoms with Crippen LogP contribution in [0.1, 0.15) is 18.0 Å². The minimum atomic E-state index is 0.152. The quantitative estimate of drug-likeness (QED) is 0.704. The topological polar surface area (TPSA) is 52.0 Å². The van der Waals surface area contributed by atoms with Gasteiger partial charge in [-0.3, -0.25) is 0 Å². The van der Waals surface area contributed by atoms with Crippen molar-refractivity contribution in [2.45, 2.75) is 12.5 Å². The first-order valence-electron chi connectivity index (χ1n) is 4.93. The van der Waals surface area contributed by atoms with Gasteiger partial charge >= 0.3 is 0 Å². The maximum absolute atomic E-state index is 6.03. The van der Waals surface area contributed by atoms with E-state index in [1.807, 2.05) is 30.0 Å². The number of nitrogens with two attached hydrogens (primary N) is 2. The lowest BCUT2D eigenvalue weighted by Gasteiger charge is -2.10. The molecule has 3 heteroatoms. The Morgan fingerprint density at radius 3 is 2.57 bits per heavy atom. The zero-order valence-electron chi connectivity index (χ0n) is 8.36. The van der Waals surface area contributed by atoms with E-state index in [0.29, 0.717) is 0 Å². The smallest absolute Gasteiger partial charge is 0.0386 e. The van der Waals surface area contributed by atoms with Gasteiger partial charge in [0.25, 0.3) is 0 Å². The molecule has 0 radical (unpaired) electrons. The summed E-state index contributed by atoms with van der Waals surface area (Å²) >= 11 is 1.88. The molecule has 1 atom stereocenters. The van der Waals surface area contributed by atoms with Crippen molar-refractivity contribution in [3.63, 3.8) is 0 Å². The third kappa shape index (κ3) is 4.13. The standard InChI is InChI=1S/C11H18N2S/c12-7-4-8-14-9-11(13)10-5-2-1-3-6-10/h1-3,5-6,11H,4,7-9,12-13H2. The van der Waals surface area contributed by atoms with Crippen LogP contribution < -0.4 is 11.5 Å². The van der Waals surface area contributed by atoms with Crippen molar-refractivity contribution >= 4 is 11.8 Å². The van der Waals surface area contributed by atoms with Gasteiger partial charge in [0, 0.05) is 11.8 Å². The molecular formula is C11H18N2S. The van der Waals surface area contributed by atoms with Gasteiger partial charge in [0.15, 0.2) is 0 Å². The van der Waals surface area contributed by atoms with E-state index in [1.54, 1.807) is 0 Å². The van der Waals surface area contributed by atoms with Crippen LogP contribution in [0.15, 0.2) is 30.3 Å². The summed E-state index contributed by atoms with van der Waals surface area (Å²) in [5.41, 5.74) is 12.7. The molecule has 0 saturated carbocycles. The van der Waals surface area contributed by atoms with E-state index in [4.69, 9.17) is 11.5 Å². The fourth-order valence-corrected chi connectivity index (χ4v) is 2.18. The Morgan fingerprint density at radius 2 is 1.93 bits per heavy atom. The van der Waals surface area contributed by atoms with Gasteiger partial charge in [-0.05, 0) is 24.3 Å². The summed E-state index contributed by atoms with van der Waals surface area (Å²) < 4.78 is 0. The third-order valence-corrected chi connectivity index (χ3v) is 3.19. The SMILES string of the molecule is NCCCSCC(N)c1ccccc1. The summed E-state index contributed by atoms with van der Waals surface area (Å²) in [7, 11) is 0. The molecular weight excluding hydrogens is 192 g/mol. The van der Waals surface area contributed by atoms with Crippen LogP contribution in [0.25, 0.3) is 0 Å². The van der Waals surface area contributed by atoms with E-state index >= 15 is 0 Å². The molecule has 0 spiro atoms. The highest BCUT2D eigenvalue weighted by Crippen LogP contribution is 2.15. The Morgan fingerprint density at radius 1 is 1.21 bits per heavy atom. The minimum Gasteiger partial charge on any atom is -0.330 e. The summed E-state index contributed by atoms with van der Waals surface area (Å²) in [4.78, 5) is 0. The van der Waals surface area contributed by atoms with Crippen LogP contribution in [-0.4, -0.2) is 18.1 Å². The highest BCUT2D eigenvalue weighted by Gasteiger charge is 2.04. The van der Waals surface area contributed by atoms with Crippen molar-refractivity contribution in [3.8, 4) is 0 Å². The second-order valence-corrected chi connectivity index (χ2v) is 4.38. The molecule has 0 fully saturated rings.